The number of sulfonamides is 1. The molecule has 1 fully saturated rings. The Labute approximate surface area is 192 Å². The largest absolute Gasteiger partial charge is 0.345 e. The molecule has 30 heavy (non-hydrogen) atoms. The molecule has 158 valence electrons. The summed E-state index contributed by atoms with van der Waals surface area (Å²) in [5, 5.41) is 3.42. The number of hydrogen-bond acceptors (Lipinski definition) is 5. The van der Waals surface area contributed by atoms with E-state index in [1.165, 1.54) is 46.0 Å². The third kappa shape index (κ3) is 4.59. The Morgan fingerprint density at radius 3 is 2.17 bits per heavy atom. The predicted octanol–water partition coefficient (Wildman–Crippen LogP) is 5.42. The zero-order valence-corrected chi connectivity index (χ0v) is 19.3. The summed E-state index contributed by atoms with van der Waals surface area (Å²) in [5.74, 6) is -0.424. The van der Waals surface area contributed by atoms with Crippen molar-refractivity contribution in [1.82, 2.24) is 9.29 Å². The van der Waals surface area contributed by atoms with E-state index in [-0.39, 0.29) is 14.9 Å². The van der Waals surface area contributed by atoms with Gasteiger partial charge < -0.3 is 4.90 Å². The van der Waals surface area contributed by atoms with E-state index in [0.29, 0.717) is 42.5 Å². The standard InChI is InChI=1S/C19H15Cl3FN3O2S2/c20-13-5-12(6-16(23)8-13)18-11-29-19(24-18)25-1-3-26(4-2-25)30(27,28)17-9-14(21)7-15(22)10-17/h5-11H,1-4H2. The van der Waals surface area contributed by atoms with Crippen LogP contribution in [0.15, 0.2) is 46.7 Å². The Hall–Kier alpha value is -1.42. The van der Waals surface area contributed by atoms with Gasteiger partial charge in [0.25, 0.3) is 0 Å². The van der Waals surface area contributed by atoms with Gasteiger partial charge in [0.2, 0.25) is 10.0 Å². The molecule has 0 bridgehead atoms. The van der Waals surface area contributed by atoms with Crippen molar-refractivity contribution in [2.45, 2.75) is 4.90 Å². The summed E-state index contributed by atoms with van der Waals surface area (Å²) >= 11 is 19.3. The van der Waals surface area contributed by atoms with Crippen molar-refractivity contribution in [2.75, 3.05) is 31.1 Å². The first-order valence-corrected chi connectivity index (χ1v) is 12.3. The molecule has 0 saturated carbocycles. The van der Waals surface area contributed by atoms with Gasteiger partial charge in [0.05, 0.1) is 10.6 Å². The molecule has 0 unspecified atom stereocenters. The Kier molecular flexibility index (Phi) is 6.25. The van der Waals surface area contributed by atoms with Gasteiger partial charge in [-0.25, -0.2) is 17.8 Å². The van der Waals surface area contributed by atoms with E-state index < -0.39 is 15.8 Å². The minimum absolute atomic E-state index is 0.0768. The molecule has 1 saturated heterocycles. The van der Waals surface area contributed by atoms with Gasteiger partial charge in [-0.2, -0.15) is 4.31 Å². The number of halogens is 4. The number of aromatic nitrogens is 1. The van der Waals surface area contributed by atoms with Crippen LogP contribution in [0.25, 0.3) is 11.3 Å². The normalized spacial score (nSPS) is 15.5. The van der Waals surface area contributed by atoms with Gasteiger partial charge in [0.1, 0.15) is 5.82 Å². The molecule has 5 nitrogen and oxygen atoms in total. The zero-order valence-electron chi connectivity index (χ0n) is 15.4. The second-order valence-electron chi connectivity index (χ2n) is 6.67. The molecular formula is C19H15Cl3FN3O2S2. The van der Waals surface area contributed by atoms with Gasteiger partial charge in [-0.05, 0) is 36.4 Å². The maximum Gasteiger partial charge on any atom is 0.243 e. The van der Waals surface area contributed by atoms with Crippen LogP contribution in [0.4, 0.5) is 9.52 Å². The molecule has 1 aromatic heterocycles. The maximum absolute atomic E-state index is 13.6. The summed E-state index contributed by atoms with van der Waals surface area (Å²) in [6.07, 6.45) is 0. The van der Waals surface area contributed by atoms with E-state index in [1.807, 2.05) is 10.3 Å². The number of anilines is 1. The maximum atomic E-state index is 13.6. The van der Waals surface area contributed by atoms with Crippen LogP contribution in [0.2, 0.25) is 15.1 Å². The van der Waals surface area contributed by atoms with Crippen LogP contribution in [0.3, 0.4) is 0 Å². The molecular weight excluding hydrogens is 492 g/mol. The summed E-state index contributed by atoms with van der Waals surface area (Å²) < 4.78 is 40.9. The quantitative estimate of drug-likeness (QED) is 0.474. The molecule has 2 aromatic carbocycles. The van der Waals surface area contributed by atoms with Crippen LogP contribution in [-0.4, -0.2) is 43.9 Å². The van der Waals surface area contributed by atoms with Crippen molar-refractivity contribution in [3.05, 3.63) is 62.7 Å². The molecule has 1 aliphatic rings. The smallest absolute Gasteiger partial charge is 0.243 e. The highest BCUT2D eigenvalue weighted by Gasteiger charge is 2.30. The number of hydrogen-bond donors (Lipinski definition) is 0. The van der Waals surface area contributed by atoms with Crippen LogP contribution in [0, 0.1) is 5.82 Å². The molecule has 4 rings (SSSR count). The average molecular weight is 507 g/mol. The molecule has 0 radical (unpaired) electrons. The van der Waals surface area contributed by atoms with Crippen molar-refractivity contribution in [3.8, 4) is 11.3 Å². The zero-order chi connectivity index (χ0) is 21.5. The van der Waals surface area contributed by atoms with Crippen molar-refractivity contribution < 1.29 is 12.8 Å². The van der Waals surface area contributed by atoms with E-state index in [1.54, 1.807) is 6.07 Å². The molecule has 0 aliphatic carbocycles. The Balaban J connectivity index is 1.48. The summed E-state index contributed by atoms with van der Waals surface area (Å²) in [7, 11) is -3.70. The minimum Gasteiger partial charge on any atom is -0.345 e. The van der Waals surface area contributed by atoms with Gasteiger partial charge in [0.15, 0.2) is 5.13 Å². The topological polar surface area (TPSA) is 53.5 Å². The van der Waals surface area contributed by atoms with Crippen LogP contribution in [0.5, 0.6) is 0 Å². The first-order chi connectivity index (χ1) is 14.2. The fraction of sp³-hybridized carbons (Fsp3) is 0.211. The third-order valence-electron chi connectivity index (χ3n) is 4.63. The third-order valence-corrected chi connectivity index (χ3v) is 8.07. The van der Waals surface area contributed by atoms with Gasteiger partial charge in [-0.15, -0.1) is 11.3 Å². The molecule has 3 aromatic rings. The van der Waals surface area contributed by atoms with Gasteiger partial charge in [-0.3, -0.25) is 0 Å². The monoisotopic (exact) mass is 505 g/mol. The first kappa shape index (κ1) is 21.8. The van der Waals surface area contributed by atoms with E-state index in [4.69, 9.17) is 34.8 Å². The van der Waals surface area contributed by atoms with Gasteiger partial charge in [-0.1, -0.05) is 34.8 Å². The van der Waals surface area contributed by atoms with Crippen LogP contribution < -0.4 is 4.90 Å². The van der Waals surface area contributed by atoms with E-state index in [9.17, 15) is 12.8 Å². The lowest BCUT2D eigenvalue weighted by Gasteiger charge is -2.33. The van der Waals surface area contributed by atoms with E-state index >= 15 is 0 Å². The lowest BCUT2D eigenvalue weighted by Crippen LogP contribution is -2.48. The first-order valence-electron chi connectivity index (χ1n) is 8.85. The van der Waals surface area contributed by atoms with Crippen molar-refractivity contribution in [3.63, 3.8) is 0 Å². The van der Waals surface area contributed by atoms with E-state index in [2.05, 4.69) is 4.98 Å². The Bertz CT molecular complexity index is 1150. The van der Waals surface area contributed by atoms with E-state index in [0.717, 1.165) is 5.13 Å². The number of piperazine rings is 1. The number of nitrogens with zero attached hydrogens (tertiary/aromatic N) is 3. The Morgan fingerprint density at radius 2 is 1.53 bits per heavy atom. The minimum atomic E-state index is -3.70. The summed E-state index contributed by atoms with van der Waals surface area (Å²) in [4.78, 5) is 6.65. The van der Waals surface area contributed by atoms with Crippen molar-refractivity contribution >= 4 is 61.3 Å². The van der Waals surface area contributed by atoms with Gasteiger partial charge in [0, 0.05) is 52.2 Å². The lowest BCUT2D eigenvalue weighted by atomic mass is 10.2. The summed E-state index contributed by atoms with van der Waals surface area (Å²) in [6, 6.07) is 8.56. The highest BCUT2D eigenvalue weighted by atomic mass is 35.5. The summed E-state index contributed by atoms with van der Waals surface area (Å²) in [5.41, 5.74) is 1.22. The molecule has 0 spiro atoms. The highest BCUT2D eigenvalue weighted by Crippen LogP contribution is 2.31. The molecule has 0 N–H and O–H groups in total. The predicted molar refractivity (Wildman–Crippen MR) is 120 cm³/mol. The summed E-state index contributed by atoms with van der Waals surface area (Å²) in [6.45, 7) is 1.55. The molecule has 11 heteroatoms. The fourth-order valence-corrected chi connectivity index (χ4v) is 6.45. The molecule has 1 aliphatic heterocycles. The van der Waals surface area contributed by atoms with Crippen LogP contribution >= 0.6 is 46.1 Å². The number of benzene rings is 2. The van der Waals surface area contributed by atoms with Crippen LogP contribution in [-0.2, 0) is 10.0 Å². The second-order valence-corrected chi connectivity index (χ2v) is 10.8. The lowest BCUT2D eigenvalue weighted by molar-refractivity contribution is 0.385. The van der Waals surface area contributed by atoms with Gasteiger partial charge >= 0.3 is 0 Å². The fourth-order valence-electron chi connectivity index (χ4n) is 3.19. The van der Waals surface area contributed by atoms with Crippen LogP contribution in [0.1, 0.15) is 0 Å². The Morgan fingerprint density at radius 1 is 0.900 bits per heavy atom. The number of thiazole rings is 1. The van der Waals surface area contributed by atoms with Crippen molar-refractivity contribution in [1.29, 1.82) is 0 Å². The highest BCUT2D eigenvalue weighted by molar-refractivity contribution is 7.89. The second kappa shape index (κ2) is 8.61. The number of rotatable bonds is 4. The molecule has 0 atom stereocenters. The average Bonchev–Trinajstić information content (AvgIpc) is 3.17. The molecule has 0 amide bonds. The van der Waals surface area contributed by atoms with Crippen molar-refractivity contribution in [2.24, 2.45) is 0 Å². The molecule has 2 heterocycles. The SMILES string of the molecule is O=S(=O)(c1cc(Cl)cc(Cl)c1)N1CCN(c2nc(-c3cc(F)cc(Cl)c3)cs2)CC1.